The lowest BCUT2D eigenvalue weighted by Gasteiger charge is -2.24. The van der Waals surface area contributed by atoms with E-state index in [1.807, 2.05) is 5.32 Å². The smallest absolute Gasteiger partial charge is 0.416 e. The van der Waals surface area contributed by atoms with E-state index in [-0.39, 0.29) is 19.2 Å². The quantitative estimate of drug-likeness (QED) is 0.487. The van der Waals surface area contributed by atoms with E-state index < -0.39 is 64.7 Å². The molecule has 1 aromatic carbocycles. The summed E-state index contributed by atoms with van der Waals surface area (Å²) < 4.78 is 97.4. The van der Waals surface area contributed by atoms with Gasteiger partial charge in [-0.1, -0.05) is 0 Å². The van der Waals surface area contributed by atoms with E-state index in [1.165, 1.54) is 11.0 Å². The van der Waals surface area contributed by atoms with Crippen molar-refractivity contribution in [2.24, 2.45) is 0 Å². The third kappa shape index (κ3) is 7.46. The van der Waals surface area contributed by atoms with Crippen molar-refractivity contribution in [3.8, 4) is 0 Å². The average molecular weight is 536 g/mol. The van der Waals surface area contributed by atoms with Crippen LogP contribution in [-0.4, -0.2) is 46.7 Å². The molecule has 2 atom stereocenters. The molecule has 202 valence electrons. The number of benzene rings is 1. The highest BCUT2D eigenvalue weighted by Gasteiger charge is 2.40. The number of hydrogen-bond donors (Lipinski definition) is 2. The maximum absolute atomic E-state index is 13.4. The molecule has 1 aliphatic heterocycles. The molecule has 1 fully saturated rings. The van der Waals surface area contributed by atoms with Crippen molar-refractivity contribution in [3.63, 3.8) is 0 Å². The first-order valence-electron chi connectivity index (χ1n) is 10.9. The van der Waals surface area contributed by atoms with E-state index >= 15 is 0 Å². The van der Waals surface area contributed by atoms with E-state index in [0.717, 1.165) is 12.3 Å². The number of amides is 3. The third-order valence-corrected chi connectivity index (χ3v) is 5.26. The number of carbonyl (C=O) groups is 2. The average Bonchev–Trinajstić information content (AvgIpc) is 3.15. The minimum absolute atomic E-state index is 0.000271. The lowest BCUT2D eigenvalue weighted by molar-refractivity contribution is -0.143. The van der Waals surface area contributed by atoms with Crippen molar-refractivity contribution in [1.82, 2.24) is 15.2 Å². The first-order chi connectivity index (χ1) is 16.9. The lowest BCUT2D eigenvalue weighted by atomic mass is 9.99. The summed E-state index contributed by atoms with van der Waals surface area (Å²) in [6.07, 6.45) is -9.96. The standard InChI is InChI=1S/C23H23F7N4O3/c1-21(2,3)37-20(36)34-10-16(17-5-4-14(24)9-31-17)18(11-34)33-19(35)32-15-7-12(22(25,26)27)6-13(8-15)23(28,29)30/h4-9,16,18H,10-11H2,1-3H3,(H2,32,33,35)/t16-,18+/m0/s1. The van der Waals surface area contributed by atoms with Gasteiger partial charge < -0.3 is 20.3 Å². The molecule has 1 saturated heterocycles. The molecule has 14 heteroatoms. The van der Waals surface area contributed by atoms with Gasteiger partial charge in [0.2, 0.25) is 0 Å². The highest BCUT2D eigenvalue weighted by molar-refractivity contribution is 5.90. The van der Waals surface area contributed by atoms with Crippen LogP contribution in [0.5, 0.6) is 0 Å². The van der Waals surface area contributed by atoms with E-state index in [2.05, 4.69) is 10.3 Å². The topological polar surface area (TPSA) is 83.6 Å². The Balaban J connectivity index is 1.83. The van der Waals surface area contributed by atoms with E-state index in [9.17, 15) is 40.3 Å². The Morgan fingerprint density at radius 2 is 1.57 bits per heavy atom. The molecule has 0 radical (unpaired) electrons. The van der Waals surface area contributed by atoms with Crippen LogP contribution in [0.1, 0.15) is 43.5 Å². The monoisotopic (exact) mass is 536 g/mol. The molecule has 0 unspecified atom stereocenters. The third-order valence-electron chi connectivity index (χ3n) is 5.26. The van der Waals surface area contributed by atoms with Gasteiger partial charge in [-0.3, -0.25) is 4.98 Å². The number of hydrogen-bond acceptors (Lipinski definition) is 4. The molecule has 3 rings (SSSR count). The number of rotatable bonds is 3. The minimum atomic E-state index is -5.09. The van der Waals surface area contributed by atoms with Gasteiger partial charge in [0, 0.05) is 30.4 Å². The summed E-state index contributed by atoms with van der Waals surface area (Å²) in [5.74, 6) is -1.30. The zero-order valence-corrected chi connectivity index (χ0v) is 19.8. The second kappa shape index (κ2) is 10.1. The Bertz CT molecular complexity index is 1110. The summed E-state index contributed by atoms with van der Waals surface area (Å²) in [6.45, 7) is 4.83. The van der Waals surface area contributed by atoms with Crippen molar-refractivity contribution in [3.05, 3.63) is 59.2 Å². The molecule has 0 aliphatic carbocycles. The van der Waals surface area contributed by atoms with Crippen LogP contribution in [0.4, 0.5) is 46.0 Å². The Hall–Kier alpha value is -3.58. The molecule has 2 N–H and O–H groups in total. The van der Waals surface area contributed by atoms with Crippen molar-refractivity contribution in [2.75, 3.05) is 18.4 Å². The van der Waals surface area contributed by atoms with Gasteiger partial charge in [-0.15, -0.1) is 0 Å². The number of pyridine rings is 1. The zero-order valence-electron chi connectivity index (χ0n) is 19.8. The number of carbonyl (C=O) groups excluding carboxylic acids is 2. The molecule has 3 amide bonds. The summed E-state index contributed by atoms with van der Waals surface area (Å²) in [5.41, 5.74) is -4.45. The van der Waals surface area contributed by atoms with Crippen LogP contribution in [0.3, 0.4) is 0 Å². The molecule has 1 aliphatic rings. The van der Waals surface area contributed by atoms with E-state index in [1.54, 1.807) is 20.8 Å². The first kappa shape index (κ1) is 28.0. The van der Waals surface area contributed by atoms with Gasteiger partial charge >= 0.3 is 24.5 Å². The molecule has 0 saturated carbocycles. The molecule has 0 spiro atoms. The molecule has 2 heterocycles. The van der Waals surface area contributed by atoms with Crippen LogP contribution in [0.2, 0.25) is 0 Å². The van der Waals surface area contributed by atoms with Gasteiger partial charge in [0.05, 0.1) is 23.4 Å². The number of aromatic nitrogens is 1. The van der Waals surface area contributed by atoms with Crippen molar-refractivity contribution >= 4 is 17.8 Å². The fourth-order valence-corrected chi connectivity index (χ4v) is 3.69. The maximum Gasteiger partial charge on any atom is 0.416 e. The van der Waals surface area contributed by atoms with Crippen LogP contribution in [-0.2, 0) is 17.1 Å². The summed E-state index contributed by atoms with van der Waals surface area (Å²) >= 11 is 0. The van der Waals surface area contributed by atoms with Gasteiger partial charge in [-0.2, -0.15) is 26.3 Å². The highest BCUT2D eigenvalue weighted by Crippen LogP contribution is 2.37. The summed E-state index contributed by atoms with van der Waals surface area (Å²) in [6, 6.07) is 1.15. The number of urea groups is 1. The largest absolute Gasteiger partial charge is 0.444 e. The molecule has 0 bridgehead atoms. The second-order valence-electron chi connectivity index (χ2n) is 9.39. The zero-order chi connectivity index (χ0) is 27.8. The van der Waals surface area contributed by atoms with Gasteiger partial charge in [-0.05, 0) is 51.1 Å². The predicted octanol–water partition coefficient (Wildman–Crippen LogP) is 5.78. The van der Waals surface area contributed by atoms with Gasteiger partial charge in [0.15, 0.2) is 0 Å². The van der Waals surface area contributed by atoms with Crippen molar-refractivity contribution in [1.29, 1.82) is 0 Å². The maximum atomic E-state index is 13.4. The van der Waals surface area contributed by atoms with E-state index in [4.69, 9.17) is 4.74 Å². The van der Waals surface area contributed by atoms with Crippen LogP contribution in [0.25, 0.3) is 0 Å². The normalized spacial score (nSPS) is 18.5. The summed E-state index contributed by atoms with van der Waals surface area (Å²) in [5, 5.41) is 4.45. The molecular formula is C23H23F7N4O3. The Kier molecular flexibility index (Phi) is 7.61. The molecule has 2 aromatic rings. The Morgan fingerprint density at radius 1 is 0.973 bits per heavy atom. The van der Waals surface area contributed by atoms with Gasteiger partial charge in [0.1, 0.15) is 11.4 Å². The predicted molar refractivity (Wildman–Crippen MR) is 117 cm³/mol. The van der Waals surface area contributed by atoms with Crippen LogP contribution < -0.4 is 10.6 Å². The van der Waals surface area contributed by atoms with Gasteiger partial charge in [-0.25, -0.2) is 14.0 Å². The summed E-state index contributed by atoms with van der Waals surface area (Å²) in [4.78, 5) is 30.4. The van der Waals surface area contributed by atoms with Crippen LogP contribution in [0, 0.1) is 5.82 Å². The van der Waals surface area contributed by atoms with Crippen molar-refractivity contribution in [2.45, 2.75) is 50.7 Å². The minimum Gasteiger partial charge on any atom is -0.444 e. The Labute approximate surface area is 207 Å². The van der Waals surface area contributed by atoms with Crippen molar-refractivity contribution < 1.29 is 45.1 Å². The molecule has 37 heavy (non-hydrogen) atoms. The lowest BCUT2D eigenvalue weighted by Crippen LogP contribution is -2.43. The number of alkyl halides is 6. The number of anilines is 1. The number of nitrogens with one attached hydrogen (secondary N) is 2. The molecule has 7 nitrogen and oxygen atoms in total. The molecule has 1 aromatic heterocycles. The van der Waals surface area contributed by atoms with Gasteiger partial charge in [0.25, 0.3) is 0 Å². The fourth-order valence-electron chi connectivity index (χ4n) is 3.69. The second-order valence-corrected chi connectivity index (χ2v) is 9.39. The van der Waals surface area contributed by atoms with E-state index in [0.29, 0.717) is 17.8 Å². The van der Waals surface area contributed by atoms with Crippen LogP contribution >= 0.6 is 0 Å². The SMILES string of the molecule is CC(C)(C)OC(=O)N1C[C@@H](NC(=O)Nc2cc(C(F)(F)F)cc(C(F)(F)F)c2)[C@H](c2ccc(F)cn2)C1. The highest BCUT2D eigenvalue weighted by atomic mass is 19.4. The number of likely N-dealkylation sites (tertiary alicyclic amines) is 1. The number of halogens is 7. The summed E-state index contributed by atoms with van der Waals surface area (Å²) in [7, 11) is 0. The number of ether oxygens (including phenoxy) is 1. The molecular weight excluding hydrogens is 513 g/mol. The van der Waals surface area contributed by atoms with Crippen LogP contribution in [0.15, 0.2) is 36.5 Å². The fraction of sp³-hybridized carbons (Fsp3) is 0.435. The Morgan fingerprint density at radius 3 is 2.05 bits per heavy atom. The first-order valence-corrected chi connectivity index (χ1v) is 10.9. The number of nitrogens with zero attached hydrogens (tertiary/aromatic N) is 2.